The Morgan fingerprint density at radius 1 is 1.35 bits per heavy atom. The Balaban J connectivity index is 1.81. The van der Waals surface area contributed by atoms with Crippen molar-refractivity contribution in [3.8, 4) is 0 Å². The second kappa shape index (κ2) is 5.78. The number of ether oxygens (including phenoxy) is 1. The molecule has 0 bridgehead atoms. The fraction of sp³-hybridized carbons (Fsp3) is 0.562. The molecule has 2 nitrogen and oxygen atoms in total. The summed E-state index contributed by atoms with van der Waals surface area (Å²) in [5.74, 6) is 0.269. The van der Waals surface area contributed by atoms with E-state index < -0.39 is 0 Å². The van der Waals surface area contributed by atoms with Crippen molar-refractivity contribution >= 4 is 33.3 Å². The second-order valence-corrected chi connectivity index (χ2v) is 7.21. The van der Waals surface area contributed by atoms with Gasteiger partial charge in [0.15, 0.2) is 5.78 Å². The molecule has 0 aromatic heterocycles. The molecule has 1 aliphatic carbocycles. The molecule has 3 rings (SSSR count). The monoisotopic (exact) mass is 356 g/mol. The predicted molar refractivity (Wildman–Crippen MR) is 83.4 cm³/mol. The molecule has 1 atom stereocenters. The van der Waals surface area contributed by atoms with Crippen LogP contribution in [0.3, 0.4) is 0 Å². The SMILES string of the molecule is O=C(c1cc(Cl)ccc1Br)C1CCOC2(CCCC2)C1. The zero-order chi connectivity index (χ0) is 14.2. The molecule has 4 heteroatoms. The summed E-state index contributed by atoms with van der Waals surface area (Å²) in [5, 5.41) is 0.610. The third-order valence-corrected chi connectivity index (χ3v) is 5.50. The summed E-state index contributed by atoms with van der Waals surface area (Å²) in [4.78, 5) is 12.8. The van der Waals surface area contributed by atoms with Crippen LogP contribution in [-0.4, -0.2) is 18.0 Å². The van der Waals surface area contributed by atoms with E-state index in [0.717, 1.165) is 30.2 Å². The van der Waals surface area contributed by atoms with Gasteiger partial charge in [-0.25, -0.2) is 0 Å². The van der Waals surface area contributed by atoms with E-state index in [0.29, 0.717) is 17.2 Å². The number of carbonyl (C=O) groups excluding carboxylic acids is 1. The van der Waals surface area contributed by atoms with Crippen LogP contribution in [0.2, 0.25) is 5.02 Å². The molecule has 1 aromatic rings. The zero-order valence-electron chi connectivity index (χ0n) is 11.3. The highest BCUT2D eigenvalue weighted by molar-refractivity contribution is 9.10. The largest absolute Gasteiger partial charge is 0.375 e. The molecule has 1 aliphatic heterocycles. The molecule has 0 amide bonds. The first kappa shape index (κ1) is 14.6. The van der Waals surface area contributed by atoms with Gasteiger partial charge < -0.3 is 4.74 Å². The van der Waals surface area contributed by atoms with Crippen LogP contribution in [0.5, 0.6) is 0 Å². The molecule has 1 saturated heterocycles. The topological polar surface area (TPSA) is 26.3 Å². The van der Waals surface area contributed by atoms with E-state index in [2.05, 4.69) is 15.9 Å². The van der Waals surface area contributed by atoms with Gasteiger partial charge in [0.2, 0.25) is 0 Å². The van der Waals surface area contributed by atoms with Crippen molar-refractivity contribution in [2.45, 2.75) is 44.1 Å². The summed E-state index contributed by atoms with van der Waals surface area (Å²) in [6.45, 7) is 0.703. The highest BCUT2D eigenvalue weighted by Crippen LogP contribution is 2.43. The smallest absolute Gasteiger partial charge is 0.167 e. The normalized spacial score (nSPS) is 25.0. The van der Waals surface area contributed by atoms with Crippen molar-refractivity contribution in [1.82, 2.24) is 0 Å². The van der Waals surface area contributed by atoms with Crippen molar-refractivity contribution in [3.63, 3.8) is 0 Å². The van der Waals surface area contributed by atoms with Gasteiger partial charge in [-0.15, -0.1) is 0 Å². The van der Waals surface area contributed by atoms with Crippen LogP contribution in [0.4, 0.5) is 0 Å². The van der Waals surface area contributed by atoms with Gasteiger partial charge in [0.05, 0.1) is 5.60 Å². The molecule has 1 saturated carbocycles. The maximum Gasteiger partial charge on any atom is 0.167 e. The Labute approximate surface area is 133 Å². The van der Waals surface area contributed by atoms with E-state index in [1.165, 1.54) is 12.8 Å². The van der Waals surface area contributed by atoms with Gasteiger partial charge >= 0.3 is 0 Å². The van der Waals surface area contributed by atoms with E-state index in [9.17, 15) is 4.79 Å². The lowest BCUT2D eigenvalue weighted by molar-refractivity contribution is -0.0866. The van der Waals surface area contributed by atoms with Crippen molar-refractivity contribution in [2.24, 2.45) is 5.92 Å². The van der Waals surface area contributed by atoms with E-state index in [-0.39, 0.29) is 17.3 Å². The lowest BCUT2D eigenvalue weighted by atomic mass is 9.81. The number of ketones is 1. The molecule has 1 heterocycles. The zero-order valence-corrected chi connectivity index (χ0v) is 13.7. The van der Waals surface area contributed by atoms with Gasteiger partial charge in [-0.1, -0.05) is 40.4 Å². The summed E-state index contributed by atoms with van der Waals surface area (Å²) in [5.41, 5.74) is 0.682. The molecule has 20 heavy (non-hydrogen) atoms. The fourth-order valence-corrected chi connectivity index (χ4v) is 4.14. The highest BCUT2D eigenvalue weighted by Gasteiger charge is 2.42. The lowest BCUT2D eigenvalue weighted by Gasteiger charge is -2.37. The van der Waals surface area contributed by atoms with Crippen LogP contribution in [0.15, 0.2) is 22.7 Å². The van der Waals surface area contributed by atoms with Gasteiger partial charge in [0.1, 0.15) is 0 Å². The Bertz CT molecular complexity index is 523. The third-order valence-electron chi connectivity index (χ3n) is 4.57. The average molecular weight is 358 g/mol. The van der Waals surface area contributed by atoms with Gasteiger partial charge in [-0.2, -0.15) is 0 Å². The number of carbonyl (C=O) groups is 1. The quantitative estimate of drug-likeness (QED) is 0.694. The molecule has 1 spiro atoms. The Hall–Kier alpha value is -0.380. The molecule has 108 valence electrons. The van der Waals surface area contributed by atoms with Crippen molar-refractivity contribution in [2.75, 3.05) is 6.61 Å². The fourth-order valence-electron chi connectivity index (χ4n) is 3.53. The van der Waals surface area contributed by atoms with E-state index in [1.807, 2.05) is 6.07 Å². The summed E-state index contributed by atoms with van der Waals surface area (Å²) in [7, 11) is 0. The number of Topliss-reactive ketones (excluding diaryl/α,β-unsaturated/α-hetero) is 1. The maximum absolute atomic E-state index is 12.8. The third kappa shape index (κ3) is 2.81. The van der Waals surface area contributed by atoms with Crippen LogP contribution in [0.25, 0.3) is 0 Å². The first-order valence-electron chi connectivity index (χ1n) is 7.23. The van der Waals surface area contributed by atoms with Crippen LogP contribution in [0, 0.1) is 5.92 Å². The average Bonchev–Trinajstić information content (AvgIpc) is 2.88. The standard InChI is InChI=1S/C16H18BrClO2/c17-14-4-3-12(18)9-13(14)15(19)11-5-8-20-16(10-11)6-1-2-7-16/h3-4,9,11H,1-2,5-8,10H2. The van der Waals surface area contributed by atoms with Crippen LogP contribution in [0.1, 0.15) is 48.9 Å². The number of benzene rings is 1. The van der Waals surface area contributed by atoms with Crippen LogP contribution in [-0.2, 0) is 4.74 Å². The van der Waals surface area contributed by atoms with E-state index in [4.69, 9.17) is 16.3 Å². The Kier molecular flexibility index (Phi) is 4.21. The van der Waals surface area contributed by atoms with Crippen molar-refractivity contribution in [3.05, 3.63) is 33.3 Å². The Morgan fingerprint density at radius 3 is 2.85 bits per heavy atom. The molecular weight excluding hydrogens is 340 g/mol. The summed E-state index contributed by atoms with van der Waals surface area (Å²) >= 11 is 9.48. The molecule has 1 unspecified atom stereocenters. The van der Waals surface area contributed by atoms with Crippen LogP contribution >= 0.6 is 27.5 Å². The molecule has 0 N–H and O–H groups in total. The predicted octanol–water partition coefficient (Wildman–Crippen LogP) is 5.02. The molecule has 0 radical (unpaired) electrons. The molecule has 1 aromatic carbocycles. The first-order chi connectivity index (χ1) is 9.60. The Morgan fingerprint density at radius 2 is 2.10 bits per heavy atom. The van der Waals surface area contributed by atoms with Gasteiger partial charge in [-0.05, 0) is 43.9 Å². The molecule has 2 aliphatic rings. The number of hydrogen-bond acceptors (Lipinski definition) is 2. The maximum atomic E-state index is 12.8. The minimum Gasteiger partial charge on any atom is -0.375 e. The first-order valence-corrected chi connectivity index (χ1v) is 8.40. The summed E-state index contributed by atoms with van der Waals surface area (Å²) < 4.78 is 6.84. The molecular formula is C16H18BrClO2. The molecule has 2 fully saturated rings. The lowest BCUT2D eigenvalue weighted by Crippen LogP contribution is -2.39. The highest BCUT2D eigenvalue weighted by atomic mass is 79.9. The van der Waals surface area contributed by atoms with Crippen molar-refractivity contribution in [1.29, 1.82) is 0 Å². The van der Waals surface area contributed by atoms with Crippen LogP contribution < -0.4 is 0 Å². The van der Waals surface area contributed by atoms with Gasteiger partial charge in [0.25, 0.3) is 0 Å². The number of hydrogen-bond donors (Lipinski definition) is 0. The second-order valence-electron chi connectivity index (χ2n) is 5.92. The van der Waals surface area contributed by atoms with Gasteiger partial charge in [-0.3, -0.25) is 4.79 Å². The minimum atomic E-state index is -0.0242. The van der Waals surface area contributed by atoms with Crippen molar-refractivity contribution < 1.29 is 9.53 Å². The summed E-state index contributed by atoms with van der Waals surface area (Å²) in [6.07, 6.45) is 6.34. The summed E-state index contributed by atoms with van der Waals surface area (Å²) in [6, 6.07) is 5.41. The minimum absolute atomic E-state index is 0.0242. The van der Waals surface area contributed by atoms with E-state index >= 15 is 0 Å². The van der Waals surface area contributed by atoms with E-state index in [1.54, 1.807) is 12.1 Å². The van der Waals surface area contributed by atoms with Gasteiger partial charge in [0, 0.05) is 27.6 Å². The number of rotatable bonds is 2. The number of halogens is 2.